The van der Waals surface area contributed by atoms with Crippen LogP contribution in [0.2, 0.25) is 0 Å². The lowest BCUT2D eigenvalue weighted by atomic mass is 10.1. The minimum atomic E-state index is -0.501. The molecule has 0 aliphatic carbocycles. The molecule has 0 saturated carbocycles. The summed E-state index contributed by atoms with van der Waals surface area (Å²) in [6.07, 6.45) is 0. The molecule has 0 atom stereocenters. The summed E-state index contributed by atoms with van der Waals surface area (Å²) in [5, 5.41) is 6.11. The topological polar surface area (TPSA) is 69.5 Å². The Morgan fingerprint density at radius 2 is 1.94 bits per heavy atom. The van der Waals surface area contributed by atoms with E-state index in [2.05, 4.69) is 10.6 Å². The van der Waals surface area contributed by atoms with Crippen LogP contribution >= 0.6 is 0 Å². The zero-order chi connectivity index (χ0) is 12.4. The summed E-state index contributed by atoms with van der Waals surface area (Å²) in [6.45, 7) is 1.64. The van der Waals surface area contributed by atoms with Gasteiger partial charge in [0.05, 0.1) is 7.11 Å². The largest absolute Gasteiger partial charge is 0.497 e. The van der Waals surface area contributed by atoms with Gasteiger partial charge in [-0.15, -0.1) is 0 Å². The average molecular weight is 231 g/mol. The molecule has 1 heterocycles. The molecule has 0 bridgehead atoms. The Bertz CT molecular complexity index is 503. The predicted molar refractivity (Wildman–Crippen MR) is 60.7 cm³/mol. The van der Waals surface area contributed by atoms with Gasteiger partial charge in [0, 0.05) is 11.3 Å². The van der Waals surface area contributed by atoms with Crippen molar-refractivity contribution in [2.45, 2.75) is 6.92 Å². The number of hydrogen-bond donors (Lipinski definition) is 1. The quantitative estimate of drug-likeness (QED) is 0.800. The number of methoxy groups -OCH3 is 1. The van der Waals surface area contributed by atoms with Gasteiger partial charge < -0.3 is 10.1 Å². The van der Waals surface area contributed by atoms with Crippen molar-refractivity contribution < 1.29 is 14.3 Å². The first-order valence-electron chi connectivity index (χ1n) is 5.04. The second-order valence-electron chi connectivity index (χ2n) is 3.57. The minimum absolute atomic E-state index is 0.167. The van der Waals surface area contributed by atoms with Gasteiger partial charge >= 0.3 is 6.03 Å². The summed E-state index contributed by atoms with van der Waals surface area (Å²) in [5.74, 6) is 0.397. The van der Waals surface area contributed by atoms with Crippen LogP contribution in [0.4, 0.5) is 4.79 Å². The normalized spacial score (nSPS) is 14.4. The van der Waals surface area contributed by atoms with Crippen LogP contribution in [0.3, 0.4) is 0 Å². The summed E-state index contributed by atoms with van der Waals surface area (Å²) < 4.78 is 5.00. The van der Waals surface area contributed by atoms with Gasteiger partial charge in [-0.1, -0.05) is 0 Å². The van der Waals surface area contributed by atoms with E-state index in [-0.39, 0.29) is 11.5 Å². The van der Waals surface area contributed by atoms with Gasteiger partial charge in [-0.3, -0.25) is 4.79 Å². The Morgan fingerprint density at radius 1 is 1.29 bits per heavy atom. The molecular formula is C12H11N2O3. The highest BCUT2D eigenvalue weighted by molar-refractivity contribution is 6.12. The number of amides is 2. The number of ether oxygens (including phenoxy) is 1. The van der Waals surface area contributed by atoms with Crippen molar-refractivity contribution in [2.24, 2.45) is 0 Å². The van der Waals surface area contributed by atoms with Crippen molar-refractivity contribution in [3.05, 3.63) is 41.2 Å². The fraction of sp³-hybridized carbons (Fsp3) is 0.167. The van der Waals surface area contributed by atoms with E-state index in [1.54, 1.807) is 38.3 Å². The molecule has 0 saturated heterocycles. The van der Waals surface area contributed by atoms with E-state index in [9.17, 15) is 9.59 Å². The number of ketones is 1. The van der Waals surface area contributed by atoms with Crippen LogP contribution in [0.5, 0.6) is 5.75 Å². The van der Waals surface area contributed by atoms with E-state index in [1.807, 2.05) is 0 Å². The molecule has 1 aromatic carbocycles. The maximum atomic E-state index is 12.0. The third-order valence-electron chi connectivity index (χ3n) is 2.43. The van der Waals surface area contributed by atoms with E-state index >= 15 is 0 Å². The van der Waals surface area contributed by atoms with Gasteiger partial charge in [-0.25, -0.2) is 4.79 Å². The number of nitrogens with zero attached hydrogens (tertiary/aromatic N) is 1. The third-order valence-corrected chi connectivity index (χ3v) is 2.43. The molecule has 2 rings (SSSR count). The van der Waals surface area contributed by atoms with Crippen LogP contribution in [0.15, 0.2) is 35.7 Å². The van der Waals surface area contributed by atoms with E-state index in [1.165, 1.54) is 0 Å². The maximum absolute atomic E-state index is 12.0. The molecule has 0 unspecified atom stereocenters. The van der Waals surface area contributed by atoms with Crippen molar-refractivity contribution in [2.75, 3.05) is 7.11 Å². The lowest BCUT2D eigenvalue weighted by Gasteiger charge is -2.03. The number of urea groups is 1. The smallest absolute Gasteiger partial charge is 0.345 e. The van der Waals surface area contributed by atoms with E-state index in [0.29, 0.717) is 17.0 Å². The molecule has 1 radical (unpaired) electrons. The van der Waals surface area contributed by atoms with Crippen molar-refractivity contribution in [3.63, 3.8) is 0 Å². The highest BCUT2D eigenvalue weighted by atomic mass is 16.5. The van der Waals surface area contributed by atoms with Crippen LogP contribution in [0.1, 0.15) is 17.3 Å². The number of hydrogen-bond acceptors (Lipinski definition) is 3. The zero-order valence-electron chi connectivity index (χ0n) is 9.48. The number of rotatable bonds is 3. The fourth-order valence-corrected chi connectivity index (χ4v) is 1.53. The molecule has 1 aromatic rings. The van der Waals surface area contributed by atoms with Gasteiger partial charge in [-0.05, 0) is 31.2 Å². The first kappa shape index (κ1) is 11.2. The molecule has 2 amide bonds. The molecule has 0 spiro atoms. The predicted octanol–water partition coefficient (Wildman–Crippen LogP) is 1.44. The van der Waals surface area contributed by atoms with Crippen LogP contribution in [0, 0.1) is 0 Å². The highest BCUT2D eigenvalue weighted by Gasteiger charge is 2.25. The summed E-state index contributed by atoms with van der Waals surface area (Å²) in [7, 11) is 1.55. The van der Waals surface area contributed by atoms with Crippen LogP contribution < -0.4 is 15.4 Å². The second kappa shape index (κ2) is 4.29. The number of nitrogens with one attached hydrogen (secondary N) is 1. The Hall–Kier alpha value is -2.30. The van der Waals surface area contributed by atoms with Gasteiger partial charge in [0.1, 0.15) is 11.4 Å². The van der Waals surface area contributed by atoms with E-state index in [0.717, 1.165) is 0 Å². The number of Topliss-reactive ketones (excluding diaryl/α,β-unsaturated/α-hetero) is 1. The Balaban J connectivity index is 2.25. The molecule has 1 N–H and O–H groups in total. The zero-order valence-corrected chi connectivity index (χ0v) is 9.48. The Labute approximate surface area is 98.5 Å². The van der Waals surface area contributed by atoms with Crippen molar-refractivity contribution in [1.82, 2.24) is 10.6 Å². The Kier molecular flexibility index (Phi) is 2.82. The molecule has 0 fully saturated rings. The fourth-order valence-electron chi connectivity index (χ4n) is 1.53. The van der Waals surface area contributed by atoms with Crippen LogP contribution in [-0.4, -0.2) is 18.9 Å². The van der Waals surface area contributed by atoms with Crippen LogP contribution in [0.25, 0.3) is 0 Å². The molecule has 5 heteroatoms. The molecule has 0 aromatic heterocycles. The molecule has 87 valence electrons. The van der Waals surface area contributed by atoms with Gasteiger partial charge in [0.15, 0.2) is 0 Å². The van der Waals surface area contributed by atoms with Crippen molar-refractivity contribution >= 4 is 11.8 Å². The van der Waals surface area contributed by atoms with Gasteiger partial charge in [-0.2, -0.15) is 5.32 Å². The number of carbonyl (C=O) groups is 2. The van der Waals surface area contributed by atoms with Crippen molar-refractivity contribution in [3.8, 4) is 5.75 Å². The molecule has 5 nitrogen and oxygen atoms in total. The van der Waals surface area contributed by atoms with Crippen molar-refractivity contribution in [1.29, 1.82) is 0 Å². The molecular weight excluding hydrogens is 220 g/mol. The van der Waals surface area contributed by atoms with Gasteiger partial charge in [0.25, 0.3) is 0 Å². The SMILES string of the molecule is COc1ccc(C(=O)C2=C(C)NC(=O)[N]2)cc1. The number of carbonyl (C=O) groups excluding carboxylic acids is 2. The van der Waals surface area contributed by atoms with Gasteiger partial charge in [0.2, 0.25) is 5.78 Å². The minimum Gasteiger partial charge on any atom is -0.497 e. The average Bonchev–Trinajstić information content (AvgIpc) is 2.68. The lowest BCUT2D eigenvalue weighted by molar-refractivity contribution is 0.102. The second-order valence-corrected chi connectivity index (χ2v) is 3.57. The first-order chi connectivity index (χ1) is 8.11. The standard InChI is InChI=1S/C12H11N2O3/c1-7-10(14-12(16)13-7)11(15)8-3-5-9(17-2)6-4-8/h3-6H,1-2H3,(H,13,16). The highest BCUT2D eigenvalue weighted by Crippen LogP contribution is 2.17. The molecule has 17 heavy (non-hydrogen) atoms. The summed E-state index contributed by atoms with van der Waals surface area (Å²) in [6, 6.07) is 6.15. The molecule has 1 aliphatic heterocycles. The number of allylic oxidation sites excluding steroid dienone is 2. The van der Waals surface area contributed by atoms with E-state index in [4.69, 9.17) is 4.74 Å². The third kappa shape index (κ3) is 2.13. The molecule has 1 aliphatic rings. The van der Waals surface area contributed by atoms with E-state index < -0.39 is 6.03 Å². The maximum Gasteiger partial charge on any atom is 0.345 e. The summed E-state index contributed by atoms with van der Waals surface area (Å²) in [5.41, 5.74) is 1.12. The first-order valence-corrected chi connectivity index (χ1v) is 5.04. The summed E-state index contributed by atoms with van der Waals surface area (Å²) >= 11 is 0. The lowest BCUT2D eigenvalue weighted by Crippen LogP contribution is -2.19. The Morgan fingerprint density at radius 3 is 2.41 bits per heavy atom. The monoisotopic (exact) mass is 231 g/mol. The van der Waals surface area contributed by atoms with Crippen LogP contribution in [-0.2, 0) is 0 Å². The summed E-state index contributed by atoms with van der Waals surface area (Å²) in [4.78, 5) is 23.0. The number of benzene rings is 1.